The topological polar surface area (TPSA) is 20.7 Å². The van der Waals surface area contributed by atoms with Gasteiger partial charge in [0.25, 0.3) is 0 Å². The number of aryl methyl sites for hydroxylation is 1. The summed E-state index contributed by atoms with van der Waals surface area (Å²) in [7, 11) is 0. The lowest BCUT2D eigenvalue weighted by Gasteiger charge is -1.97. The maximum Gasteiger partial charge on any atom is 0.177 e. The highest BCUT2D eigenvalue weighted by Gasteiger charge is 1.89. The lowest BCUT2D eigenvalue weighted by molar-refractivity contribution is 0.625. The van der Waals surface area contributed by atoms with Crippen molar-refractivity contribution in [1.82, 2.24) is 9.55 Å². The first-order valence-corrected chi connectivity index (χ1v) is 3.99. The van der Waals surface area contributed by atoms with Crippen molar-refractivity contribution in [2.45, 2.75) is 26.3 Å². The predicted molar refractivity (Wildman–Crippen MR) is 44.5 cm³/mol. The van der Waals surface area contributed by atoms with Gasteiger partial charge in [-0.15, -0.1) is 0 Å². The molecule has 1 aromatic heterocycles. The van der Waals surface area contributed by atoms with E-state index in [-0.39, 0.29) is 0 Å². The van der Waals surface area contributed by atoms with Gasteiger partial charge >= 0.3 is 0 Å². The number of aromatic nitrogens is 2. The van der Waals surface area contributed by atoms with Crippen LogP contribution in [0.2, 0.25) is 0 Å². The highest BCUT2D eigenvalue weighted by atomic mass is 32.1. The van der Waals surface area contributed by atoms with Gasteiger partial charge in [0.05, 0.1) is 0 Å². The van der Waals surface area contributed by atoms with Gasteiger partial charge in [-0.1, -0.05) is 13.3 Å². The molecule has 0 unspecified atom stereocenters. The Labute approximate surface area is 65.9 Å². The summed E-state index contributed by atoms with van der Waals surface area (Å²) in [5.41, 5.74) is 0. The van der Waals surface area contributed by atoms with Crippen LogP contribution in [-0.4, -0.2) is 9.55 Å². The molecule has 0 saturated carbocycles. The van der Waals surface area contributed by atoms with Gasteiger partial charge in [-0.05, 0) is 18.6 Å². The van der Waals surface area contributed by atoms with Crippen molar-refractivity contribution in [1.29, 1.82) is 0 Å². The Bertz CT molecular complexity index is 236. The molecule has 1 rings (SSSR count). The quantitative estimate of drug-likeness (QED) is 0.666. The fraction of sp³-hybridized carbons (Fsp3) is 0.571. The van der Waals surface area contributed by atoms with E-state index in [4.69, 9.17) is 12.2 Å². The second-order valence-electron chi connectivity index (χ2n) is 2.31. The molecule has 0 spiro atoms. The zero-order valence-electron chi connectivity index (χ0n) is 6.13. The molecule has 0 aliphatic carbocycles. The molecule has 1 heterocycles. The molecule has 1 aromatic rings. The molecule has 3 heteroatoms. The lowest BCUT2D eigenvalue weighted by atomic mass is 10.3. The van der Waals surface area contributed by atoms with Crippen molar-refractivity contribution in [3.8, 4) is 0 Å². The molecule has 0 bridgehead atoms. The molecule has 0 radical (unpaired) electrons. The van der Waals surface area contributed by atoms with Crippen molar-refractivity contribution >= 4 is 12.2 Å². The van der Waals surface area contributed by atoms with E-state index < -0.39 is 0 Å². The number of aromatic amines is 1. The molecule has 0 aromatic carbocycles. The Kier molecular flexibility index (Phi) is 2.68. The minimum atomic E-state index is 0.827. The minimum absolute atomic E-state index is 0.827. The van der Waals surface area contributed by atoms with E-state index in [9.17, 15) is 0 Å². The third-order valence-corrected chi connectivity index (χ3v) is 1.83. The molecule has 0 atom stereocenters. The number of imidazole rings is 1. The van der Waals surface area contributed by atoms with Gasteiger partial charge in [-0.2, -0.15) is 0 Å². The Morgan fingerprint density at radius 3 is 3.00 bits per heavy atom. The van der Waals surface area contributed by atoms with Crippen molar-refractivity contribution in [2.75, 3.05) is 0 Å². The van der Waals surface area contributed by atoms with Gasteiger partial charge in [0.2, 0.25) is 0 Å². The van der Waals surface area contributed by atoms with Gasteiger partial charge < -0.3 is 9.55 Å². The molecule has 0 aliphatic heterocycles. The first kappa shape index (κ1) is 7.54. The summed E-state index contributed by atoms with van der Waals surface area (Å²) in [5.74, 6) is 0. The standard InChI is InChI=1S/C7H12N2S/c1-2-3-5-9-6-4-8-7(9)10/h4,6H,2-3,5H2,1H3,(H,8,10). The second-order valence-corrected chi connectivity index (χ2v) is 2.70. The van der Waals surface area contributed by atoms with Crippen molar-refractivity contribution in [3.05, 3.63) is 17.2 Å². The first-order chi connectivity index (χ1) is 4.84. The number of nitrogens with zero attached hydrogens (tertiary/aromatic N) is 1. The van der Waals surface area contributed by atoms with Crippen LogP contribution in [0, 0.1) is 4.77 Å². The summed E-state index contributed by atoms with van der Waals surface area (Å²) in [6, 6.07) is 0. The van der Waals surface area contributed by atoms with Crippen molar-refractivity contribution in [3.63, 3.8) is 0 Å². The Morgan fingerprint density at radius 2 is 2.50 bits per heavy atom. The molecule has 0 fully saturated rings. The summed E-state index contributed by atoms with van der Waals surface area (Å²) in [4.78, 5) is 2.96. The Balaban J connectivity index is 2.57. The summed E-state index contributed by atoms with van der Waals surface area (Å²) in [6.45, 7) is 3.22. The Hall–Kier alpha value is -0.570. The minimum Gasteiger partial charge on any atom is -0.337 e. The molecule has 56 valence electrons. The lowest BCUT2D eigenvalue weighted by Crippen LogP contribution is -1.94. The summed E-state index contributed by atoms with van der Waals surface area (Å²) >= 11 is 5.01. The molecule has 0 saturated heterocycles. The van der Waals surface area contributed by atoms with Gasteiger partial charge in [0, 0.05) is 18.9 Å². The number of unbranched alkanes of at least 4 members (excludes halogenated alkanes) is 1. The van der Waals surface area contributed by atoms with Crippen LogP contribution in [-0.2, 0) is 6.54 Å². The molecule has 2 nitrogen and oxygen atoms in total. The van der Waals surface area contributed by atoms with Crippen LogP contribution in [0.5, 0.6) is 0 Å². The predicted octanol–water partition coefficient (Wildman–Crippen LogP) is 2.35. The van der Waals surface area contributed by atoms with Crippen LogP contribution in [0.25, 0.3) is 0 Å². The number of H-pyrrole nitrogens is 1. The second kappa shape index (κ2) is 3.56. The van der Waals surface area contributed by atoms with Gasteiger partial charge in [0.15, 0.2) is 4.77 Å². The van der Waals surface area contributed by atoms with E-state index in [1.165, 1.54) is 12.8 Å². The number of rotatable bonds is 3. The monoisotopic (exact) mass is 156 g/mol. The average Bonchev–Trinajstić information content (AvgIpc) is 2.31. The highest BCUT2D eigenvalue weighted by Crippen LogP contribution is 1.95. The van der Waals surface area contributed by atoms with E-state index in [0.29, 0.717) is 0 Å². The smallest absolute Gasteiger partial charge is 0.177 e. The third kappa shape index (κ3) is 1.70. The number of nitrogens with one attached hydrogen (secondary N) is 1. The fourth-order valence-electron chi connectivity index (χ4n) is 0.854. The summed E-state index contributed by atoms with van der Waals surface area (Å²) in [6.07, 6.45) is 6.27. The zero-order valence-corrected chi connectivity index (χ0v) is 6.95. The molecule has 10 heavy (non-hydrogen) atoms. The molecular formula is C7H12N2S. The summed E-state index contributed by atoms with van der Waals surface area (Å²) < 4.78 is 2.88. The van der Waals surface area contributed by atoms with Crippen molar-refractivity contribution in [2.24, 2.45) is 0 Å². The SMILES string of the molecule is CCCCn1cc[nH]c1=S. The maximum atomic E-state index is 5.01. The largest absolute Gasteiger partial charge is 0.337 e. The van der Waals surface area contributed by atoms with Gasteiger partial charge in [0.1, 0.15) is 0 Å². The zero-order chi connectivity index (χ0) is 7.40. The van der Waals surface area contributed by atoms with Crippen LogP contribution in [0.4, 0.5) is 0 Å². The van der Waals surface area contributed by atoms with E-state index in [1.807, 2.05) is 12.4 Å². The number of hydrogen-bond acceptors (Lipinski definition) is 1. The van der Waals surface area contributed by atoms with Gasteiger partial charge in [-0.25, -0.2) is 0 Å². The molecule has 0 amide bonds. The Morgan fingerprint density at radius 1 is 1.70 bits per heavy atom. The van der Waals surface area contributed by atoms with Crippen LogP contribution < -0.4 is 0 Å². The van der Waals surface area contributed by atoms with Crippen LogP contribution >= 0.6 is 12.2 Å². The van der Waals surface area contributed by atoms with Crippen molar-refractivity contribution < 1.29 is 0 Å². The molecule has 0 aliphatic rings. The number of hydrogen-bond donors (Lipinski definition) is 1. The van der Waals surface area contributed by atoms with E-state index >= 15 is 0 Å². The fourth-order valence-corrected chi connectivity index (χ4v) is 1.07. The highest BCUT2D eigenvalue weighted by molar-refractivity contribution is 7.71. The average molecular weight is 156 g/mol. The van der Waals surface area contributed by atoms with E-state index in [1.54, 1.807) is 0 Å². The summed E-state index contributed by atoms with van der Waals surface area (Å²) in [5, 5.41) is 0. The van der Waals surface area contributed by atoms with Crippen LogP contribution in [0.3, 0.4) is 0 Å². The van der Waals surface area contributed by atoms with E-state index in [0.717, 1.165) is 11.3 Å². The normalized spacial score (nSPS) is 10.1. The third-order valence-electron chi connectivity index (χ3n) is 1.47. The molecular weight excluding hydrogens is 144 g/mol. The van der Waals surface area contributed by atoms with Crippen LogP contribution in [0.1, 0.15) is 19.8 Å². The maximum absolute atomic E-state index is 5.01. The first-order valence-electron chi connectivity index (χ1n) is 3.58. The molecule has 1 N–H and O–H groups in total. The van der Waals surface area contributed by atoms with E-state index in [2.05, 4.69) is 16.5 Å². The van der Waals surface area contributed by atoms with Gasteiger partial charge in [-0.3, -0.25) is 0 Å². The van der Waals surface area contributed by atoms with Crippen LogP contribution in [0.15, 0.2) is 12.4 Å².